The molecule has 0 heterocycles. The Morgan fingerprint density at radius 1 is 0.867 bits per heavy atom. The van der Waals surface area contributed by atoms with E-state index in [4.69, 9.17) is 9.47 Å². The highest BCUT2D eigenvalue weighted by atomic mass is 16.5. The van der Waals surface area contributed by atoms with Gasteiger partial charge in [0.05, 0.1) is 35.2 Å². The molecule has 1 aromatic carbocycles. The molecule has 0 radical (unpaired) electrons. The van der Waals surface area contributed by atoms with Crippen LogP contribution in [0.3, 0.4) is 0 Å². The molecule has 1 aromatic rings. The normalized spacial score (nSPS) is 18.7. The highest BCUT2D eigenvalue weighted by molar-refractivity contribution is 6.00. The first-order chi connectivity index (χ1) is 14.1. The number of aliphatic carboxylic acids is 1. The Kier molecular flexibility index (Phi) is 7.97. The van der Waals surface area contributed by atoms with Crippen molar-refractivity contribution in [1.29, 1.82) is 0 Å². The fourth-order valence-electron chi connectivity index (χ4n) is 3.47. The Hall–Kier alpha value is -2.90. The van der Waals surface area contributed by atoms with E-state index in [-0.39, 0.29) is 29.0 Å². The monoisotopic (exact) mass is 419 g/mol. The van der Waals surface area contributed by atoms with Crippen molar-refractivity contribution in [3.8, 4) is 0 Å². The van der Waals surface area contributed by atoms with Gasteiger partial charge in [0, 0.05) is 5.69 Å². The number of ether oxygens (including phenoxy) is 2. The van der Waals surface area contributed by atoms with E-state index in [1.807, 2.05) is 0 Å². The Labute approximate surface area is 175 Å². The van der Waals surface area contributed by atoms with E-state index in [0.29, 0.717) is 12.8 Å². The number of nitrogens with one attached hydrogen (secondary N) is 1. The highest BCUT2D eigenvalue weighted by Gasteiger charge is 2.35. The number of carboxylic acids is 1. The number of benzene rings is 1. The molecule has 1 fully saturated rings. The number of amides is 1. The van der Waals surface area contributed by atoms with Crippen LogP contribution in [0.1, 0.15) is 74.1 Å². The fourth-order valence-corrected chi connectivity index (χ4v) is 3.47. The molecule has 1 aliphatic carbocycles. The second-order valence-corrected chi connectivity index (χ2v) is 8.03. The van der Waals surface area contributed by atoms with Crippen molar-refractivity contribution in [2.24, 2.45) is 11.8 Å². The van der Waals surface area contributed by atoms with E-state index < -0.39 is 35.7 Å². The largest absolute Gasteiger partial charge is 0.481 e. The molecular weight excluding hydrogens is 390 g/mol. The zero-order chi connectivity index (χ0) is 22.4. The van der Waals surface area contributed by atoms with Crippen molar-refractivity contribution in [3.63, 3.8) is 0 Å². The lowest BCUT2D eigenvalue weighted by molar-refractivity contribution is -0.147. The van der Waals surface area contributed by atoms with Crippen molar-refractivity contribution in [2.75, 3.05) is 5.32 Å². The maximum absolute atomic E-state index is 12.8. The maximum Gasteiger partial charge on any atom is 0.338 e. The number of rotatable bonds is 7. The van der Waals surface area contributed by atoms with E-state index in [0.717, 1.165) is 12.8 Å². The van der Waals surface area contributed by atoms with E-state index in [1.165, 1.54) is 18.2 Å². The second kappa shape index (κ2) is 10.2. The number of esters is 2. The lowest BCUT2D eigenvalue weighted by Gasteiger charge is -2.27. The average molecular weight is 419 g/mol. The molecule has 0 aliphatic heterocycles. The van der Waals surface area contributed by atoms with Gasteiger partial charge < -0.3 is 19.9 Å². The van der Waals surface area contributed by atoms with Crippen LogP contribution in [-0.2, 0) is 19.1 Å². The van der Waals surface area contributed by atoms with Crippen LogP contribution in [0.15, 0.2) is 18.2 Å². The van der Waals surface area contributed by atoms with Crippen LogP contribution in [0.2, 0.25) is 0 Å². The van der Waals surface area contributed by atoms with Gasteiger partial charge in [-0.15, -0.1) is 0 Å². The summed E-state index contributed by atoms with van der Waals surface area (Å²) in [7, 11) is 0. The number of carbonyl (C=O) groups excluding carboxylic acids is 3. The van der Waals surface area contributed by atoms with Crippen LogP contribution in [0.25, 0.3) is 0 Å². The number of carbonyl (C=O) groups is 4. The standard InChI is InChI=1S/C22H29NO7/c1-12(2)29-21(27)14-9-15(22(28)30-13(3)4)11-16(10-14)23-19(24)17-7-5-6-8-18(17)20(25)26/h9-13,17-18H,5-8H2,1-4H3,(H,23,24)(H,25,26)/t17-,18+/m1/s1. The molecule has 164 valence electrons. The summed E-state index contributed by atoms with van der Waals surface area (Å²) >= 11 is 0. The third kappa shape index (κ3) is 6.30. The number of anilines is 1. The fraction of sp³-hybridized carbons (Fsp3) is 0.545. The quantitative estimate of drug-likeness (QED) is 0.648. The Bertz CT molecular complexity index is 775. The first-order valence-corrected chi connectivity index (χ1v) is 10.2. The first kappa shape index (κ1) is 23.4. The third-order valence-corrected chi connectivity index (χ3v) is 4.78. The zero-order valence-electron chi connectivity index (χ0n) is 17.8. The molecular formula is C22H29NO7. The third-order valence-electron chi connectivity index (χ3n) is 4.78. The highest BCUT2D eigenvalue weighted by Crippen LogP contribution is 2.31. The lowest BCUT2D eigenvalue weighted by atomic mass is 9.78. The molecule has 0 bridgehead atoms. The van der Waals surface area contributed by atoms with Crippen LogP contribution in [0, 0.1) is 11.8 Å². The van der Waals surface area contributed by atoms with Crippen LogP contribution in [-0.4, -0.2) is 41.1 Å². The molecule has 1 aliphatic rings. The molecule has 0 saturated heterocycles. The van der Waals surface area contributed by atoms with Gasteiger partial charge in [-0.2, -0.15) is 0 Å². The number of carboxylic acid groups (broad SMARTS) is 1. The summed E-state index contributed by atoms with van der Waals surface area (Å²) in [5.74, 6) is -4.14. The predicted molar refractivity (Wildman–Crippen MR) is 109 cm³/mol. The minimum atomic E-state index is -0.995. The van der Waals surface area contributed by atoms with Crippen LogP contribution in [0.5, 0.6) is 0 Å². The molecule has 0 unspecified atom stereocenters. The summed E-state index contributed by atoms with van der Waals surface area (Å²) in [6, 6.07) is 4.17. The van der Waals surface area contributed by atoms with Crippen LogP contribution >= 0.6 is 0 Å². The van der Waals surface area contributed by atoms with Gasteiger partial charge in [-0.25, -0.2) is 9.59 Å². The molecule has 8 nitrogen and oxygen atoms in total. The average Bonchev–Trinajstić information content (AvgIpc) is 2.66. The molecule has 0 aromatic heterocycles. The van der Waals surface area contributed by atoms with Crippen molar-refractivity contribution < 1.29 is 33.8 Å². The van der Waals surface area contributed by atoms with Gasteiger partial charge in [-0.05, 0) is 58.7 Å². The maximum atomic E-state index is 12.8. The summed E-state index contributed by atoms with van der Waals surface area (Å²) in [5.41, 5.74) is 0.398. The van der Waals surface area contributed by atoms with E-state index >= 15 is 0 Å². The van der Waals surface area contributed by atoms with Gasteiger partial charge >= 0.3 is 17.9 Å². The molecule has 0 spiro atoms. The second-order valence-electron chi connectivity index (χ2n) is 8.03. The van der Waals surface area contributed by atoms with Crippen LogP contribution in [0.4, 0.5) is 5.69 Å². The summed E-state index contributed by atoms with van der Waals surface area (Å²) in [4.78, 5) is 49.0. The zero-order valence-corrected chi connectivity index (χ0v) is 17.8. The van der Waals surface area contributed by atoms with Gasteiger partial charge in [-0.3, -0.25) is 9.59 Å². The van der Waals surface area contributed by atoms with E-state index in [1.54, 1.807) is 27.7 Å². The number of hydrogen-bond donors (Lipinski definition) is 2. The molecule has 8 heteroatoms. The summed E-state index contributed by atoms with van der Waals surface area (Å²) in [5, 5.41) is 12.1. The van der Waals surface area contributed by atoms with Gasteiger partial charge in [-0.1, -0.05) is 12.8 Å². The minimum absolute atomic E-state index is 0.0932. The first-order valence-electron chi connectivity index (χ1n) is 10.2. The molecule has 2 atom stereocenters. The van der Waals surface area contributed by atoms with Crippen molar-refractivity contribution in [1.82, 2.24) is 0 Å². The molecule has 1 saturated carbocycles. The molecule has 2 N–H and O–H groups in total. The van der Waals surface area contributed by atoms with E-state index in [9.17, 15) is 24.3 Å². The lowest BCUT2D eigenvalue weighted by Crippen LogP contribution is -2.36. The van der Waals surface area contributed by atoms with Crippen LogP contribution < -0.4 is 5.32 Å². The van der Waals surface area contributed by atoms with Gasteiger partial charge in [0.1, 0.15) is 0 Å². The minimum Gasteiger partial charge on any atom is -0.481 e. The summed E-state index contributed by atoms with van der Waals surface area (Å²) in [6.45, 7) is 6.80. The van der Waals surface area contributed by atoms with Crippen molar-refractivity contribution >= 4 is 29.5 Å². The van der Waals surface area contributed by atoms with Crippen molar-refractivity contribution in [3.05, 3.63) is 29.3 Å². The van der Waals surface area contributed by atoms with E-state index in [2.05, 4.69) is 5.32 Å². The Morgan fingerprint density at radius 2 is 1.33 bits per heavy atom. The topological polar surface area (TPSA) is 119 Å². The molecule has 30 heavy (non-hydrogen) atoms. The number of hydrogen-bond acceptors (Lipinski definition) is 6. The Balaban J connectivity index is 2.32. The summed E-state index contributed by atoms with van der Waals surface area (Å²) in [6.07, 6.45) is 1.73. The molecule has 1 amide bonds. The SMILES string of the molecule is CC(C)OC(=O)c1cc(NC(=O)[C@@H]2CCCC[C@@H]2C(=O)O)cc(C(=O)OC(C)C)c1. The smallest absolute Gasteiger partial charge is 0.338 e. The predicted octanol–water partition coefficient (Wildman–Crippen LogP) is 3.65. The summed E-state index contributed by atoms with van der Waals surface area (Å²) < 4.78 is 10.4. The molecule has 2 rings (SSSR count). The van der Waals surface area contributed by atoms with Gasteiger partial charge in [0.25, 0.3) is 0 Å². The van der Waals surface area contributed by atoms with Gasteiger partial charge in [0.15, 0.2) is 0 Å². The van der Waals surface area contributed by atoms with Crippen molar-refractivity contribution in [2.45, 2.75) is 65.6 Å². The Morgan fingerprint density at radius 3 is 1.77 bits per heavy atom. The van der Waals surface area contributed by atoms with Gasteiger partial charge in [0.2, 0.25) is 5.91 Å².